The van der Waals surface area contributed by atoms with Gasteiger partial charge in [-0.05, 0) is 36.1 Å². The van der Waals surface area contributed by atoms with Crippen molar-refractivity contribution in [3.63, 3.8) is 0 Å². The second-order valence-electron chi connectivity index (χ2n) is 8.83. The molecule has 2 aliphatic heterocycles. The van der Waals surface area contributed by atoms with Gasteiger partial charge in [-0.25, -0.2) is 18.2 Å². The lowest BCUT2D eigenvalue weighted by Gasteiger charge is -2.35. The molecule has 0 unspecified atom stereocenters. The number of carbonyl (C=O) groups excluding carboxylic acids is 1. The van der Waals surface area contributed by atoms with Crippen LogP contribution in [0.3, 0.4) is 0 Å². The Hall–Kier alpha value is -1.78. The monoisotopic (exact) mass is 560 g/mol. The number of halogens is 3. The van der Waals surface area contributed by atoms with Crippen molar-refractivity contribution in [2.75, 3.05) is 52.1 Å². The lowest BCUT2D eigenvalue weighted by molar-refractivity contribution is 0.140. The molecule has 0 bridgehead atoms. The normalized spacial score (nSPS) is 21.4. The van der Waals surface area contributed by atoms with E-state index in [1.807, 2.05) is 17.0 Å². The van der Waals surface area contributed by atoms with Gasteiger partial charge in [0.1, 0.15) is 0 Å². The second-order valence-corrected chi connectivity index (χ2v) is 12.1. The maximum absolute atomic E-state index is 13.3. The van der Waals surface area contributed by atoms with Crippen LogP contribution in [0.2, 0.25) is 15.1 Å². The van der Waals surface area contributed by atoms with Crippen molar-refractivity contribution < 1.29 is 17.9 Å². The largest absolute Gasteiger partial charge is 0.478 e. The van der Waals surface area contributed by atoms with Gasteiger partial charge in [-0.3, -0.25) is 0 Å². The van der Waals surface area contributed by atoms with Crippen molar-refractivity contribution in [2.24, 2.45) is 5.92 Å². The number of hydrogen-bond acceptors (Lipinski definition) is 5. The van der Waals surface area contributed by atoms with E-state index in [0.717, 1.165) is 5.56 Å². The highest BCUT2D eigenvalue weighted by Gasteiger charge is 2.38. The number of carbonyl (C=O) groups is 1. The minimum Gasteiger partial charge on any atom is -0.478 e. The first-order valence-electron chi connectivity index (χ1n) is 11.3. The Labute approximate surface area is 220 Å². The van der Waals surface area contributed by atoms with Crippen LogP contribution in [-0.2, 0) is 10.0 Å². The summed E-state index contributed by atoms with van der Waals surface area (Å²) in [5, 5.41) is 1.50. The van der Waals surface area contributed by atoms with Crippen LogP contribution in [0, 0.1) is 5.92 Å². The smallest absolute Gasteiger partial charge is 0.320 e. The van der Waals surface area contributed by atoms with E-state index in [1.54, 1.807) is 23.1 Å². The van der Waals surface area contributed by atoms with Crippen LogP contribution in [0.15, 0.2) is 36.5 Å². The number of piperazine rings is 1. The highest BCUT2D eigenvalue weighted by atomic mass is 35.5. The lowest BCUT2D eigenvalue weighted by atomic mass is 9.87. The van der Waals surface area contributed by atoms with E-state index >= 15 is 0 Å². The zero-order chi connectivity index (χ0) is 25.2. The molecule has 2 aromatic rings. The van der Waals surface area contributed by atoms with E-state index in [0.29, 0.717) is 73.2 Å². The predicted octanol–water partition coefficient (Wildman–Crippen LogP) is 4.22. The first kappa shape index (κ1) is 26.3. The molecule has 12 heteroatoms. The molecule has 0 saturated carbocycles. The number of ether oxygens (including phenoxy) is 1. The minimum atomic E-state index is -3.26. The predicted molar refractivity (Wildman–Crippen MR) is 137 cm³/mol. The van der Waals surface area contributed by atoms with E-state index in [-0.39, 0.29) is 17.9 Å². The molecule has 35 heavy (non-hydrogen) atoms. The first-order chi connectivity index (χ1) is 16.6. The molecule has 2 saturated heterocycles. The Morgan fingerprint density at radius 3 is 2.40 bits per heavy atom. The van der Waals surface area contributed by atoms with Crippen LogP contribution in [0.4, 0.5) is 4.79 Å². The quantitative estimate of drug-likeness (QED) is 0.527. The molecule has 4 rings (SSSR count). The fourth-order valence-corrected chi connectivity index (χ4v) is 5.86. The molecule has 1 aromatic carbocycles. The topological polar surface area (TPSA) is 83.1 Å². The number of nitrogens with zero attached hydrogens (tertiary/aromatic N) is 4. The molecule has 2 atom stereocenters. The molecule has 3 heterocycles. The van der Waals surface area contributed by atoms with Crippen LogP contribution in [-0.4, -0.2) is 85.7 Å². The number of sulfonamides is 1. The van der Waals surface area contributed by atoms with Crippen LogP contribution in [0.1, 0.15) is 17.9 Å². The fourth-order valence-electron chi connectivity index (χ4n) is 4.61. The molecule has 2 amide bonds. The van der Waals surface area contributed by atoms with Crippen LogP contribution < -0.4 is 4.74 Å². The van der Waals surface area contributed by atoms with E-state index in [2.05, 4.69) is 4.98 Å². The van der Waals surface area contributed by atoms with Gasteiger partial charge < -0.3 is 14.5 Å². The summed E-state index contributed by atoms with van der Waals surface area (Å²) in [6.07, 6.45) is 3.44. The summed E-state index contributed by atoms with van der Waals surface area (Å²) in [7, 11) is -3.26. The molecule has 0 aliphatic carbocycles. The van der Waals surface area contributed by atoms with Gasteiger partial charge in [0.05, 0.1) is 27.9 Å². The van der Waals surface area contributed by atoms with E-state index in [4.69, 9.17) is 39.5 Å². The molecule has 1 aromatic heterocycles. The average Bonchev–Trinajstić information content (AvgIpc) is 3.25. The summed E-state index contributed by atoms with van der Waals surface area (Å²) in [6.45, 7) is 2.89. The third kappa shape index (κ3) is 6.51. The number of hydrogen-bond donors (Lipinski definition) is 0. The zero-order valence-corrected chi connectivity index (χ0v) is 22.3. The van der Waals surface area contributed by atoms with E-state index < -0.39 is 10.0 Å². The molecular weight excluding hydrogens is 535 g/mol. The number of pyridine rings is 1. The summed E-state index contributed by atoms with van der Waals surface area (Å²) in [5.41, 5.74) is 1.02. The average molecular weight is 562 g/mol. The van der Waals surface area contributed by atoms with Gasteiger partial charge in [-0.15, -0.1) is 0 Å². The van der Waals surface area contributed by atoms with Crippen molar-refractivity contribution in [3.05, 3.63) is 57.2 Å². The first-order valence-corrected chi connectivity index (χ1v) is 14.3. The summed E-state index contributed by atoms with van der Waals surface area (Å²) in [6, 6.07) is 8.96. The minimum absolute atomic E-state index is 0.0628. The molecule has 2 fully saturated rings. The van der Waals surface area contributed by atoms with Gasteiger partial charge in [0.2, 0.25) is 15.9 Å². The van der Waals surface area contributed by atoms with Gasteiger partial charge in [-0.1, -0.05) is 40.9 Å². The van der Waals surface area contributed by atoms with Crippen molar-refractivity contribution >= 4 is 50.9 Å². The highest BCUT2D eigenvalue weighted by molar-refractivity contribution is 7.88. The zero-order valence-electron chi connectivity index (χ0n) is 19.2. The van der Waals surface area contributed by atoms with Crippen molar-refractivity contribution in [1.29, 1.82) is 0 Å². The maximum Gasteiger partial charge on any atom is 0.320 e. The molecule has 0 N–H and O–H groups in total. The fraction of sp³-hybridized carbons (Fsp3) is 0.478. The summed E-state index contributed by atoms with van der Waals surface area (Å²) in [5.74, 6) is 0.698. The number of rotatable bonds is 6. The second kappa shape index (κ2) is 11.1. The third-order valence-electron chi connectivity index (χ3n) is 6.50. The number of urea groups is 1. The summed E-state index contributed by atoms with van der Waals surface area (Å²) >= 11 is 18.3. The summed E-state index contributed by atoms with van der Waals surface area (Å²) < 4.78 is 30.8. The van der Waals surface area contributed by atoms with Gasteiger partial charge >= 0.3 is 6.03 Å². The van der Waals surface area contributed by atoms with Gasteiger partial charge in [0.25, 0.3) is 0 Å². The Kier molecular flexibility index (Phi) is 8.33. The summed E-state index contributed by atoms with van der Waals surface area (Å²) in [4.78, 5) is 21.0. The van der Waals surface area contributed by atoms with Crippen molar-refractivity contribution in [2.45, 2.75) is 12.3 Å². The Bertz CT molecular complexity index is 1160. The molecule has 0 spiro atoms. The highest BCUT2D eigenvalue weighted by Crippen LogP contribution is 2.37. The standard InChI is InChI=1S/C23H27Cl3N4O4S/c1-35(32,33)30-9-7-28(8-10-30)23(31)29-14-17(6-11-34-22-5-3-18(24)13-27-22)19(15-29)16-2-4-20(25)21(26)12-16/h2-5,12-13,17,19H,6-11,14-15H2,1H3/t17-,19-/m1/s1. The number of aromatic nitrogens is 1. The molecule has 0 radical (unpaired) electrons. The Balaban J connectivity index is 1.44. The van der Waals surface area contributed by atoms with Crippen LogP contribution >= 0.6 is 34.8 Å². The van der Waals surface area contributed by atoms with Crippen molar-refractivity contribution in [1.82, 2.24) is 19.1 Å². The maximum atomic E-state index is 13.3. The van der Waals surface area contributed by atoms with Crippen LogP contribution in [0.5, 0.6) is 5.88 Å². The molecule has 8 nitrogen and oxygen atoms in total. The number of likely N-dealkylation sites (tertiary alicyclic amines) is 1. The lowest BCUT2D eigenvalue weighted by Crippen LogP contribution is -2.53. The molecular formula is C23H27Cl3N4O4S. The SMILES string of the molecule is CS(=O)(=O)N1CCN(C(=O)N2C[C@@H](CCOc3ccc(Cl)cn3)[C@@H](c3ccc(Cl)c(Cl)c3)C2)CC1. The van der Waals surface area contributed by atoms with E-state index in [9.17, 15) is 13.2 Å². The van der Waals surface area contributed by atoms with Gasteiger partial charge in [0.15, 0.2) is 0 Å². The third-order valence-corrected chi connectivity index (χ3v) is 8.77. The molecule has 190 valence electrons. The van der Waals surface area contributed by atoms with Crippen molar-refractivity contribution in [3.8, 4) is 5.88 Å². The van der Waals surface area contributed by atoms with Crippen LogP contribution in [0.25, 0.3) is 0 Å². The van der Waals surface area contributed by atoms with Gasteiger partial charge in [-0.2, -0.15) is 4.31 Å². The van der Waals surface area contributed by atoms with E-state index in [1.165, 1.54) is 16.8 Å². The number of benzene rings is 1. The Morgan fingerprint density at radius 1 is 1.03 bits per heavy atom. The number of amides is 2. The van der Waals surface area contributed by atoms with Gasteiger partial charge in [0, 0.05) is 57.4 Å². The Morgan fingerprint density at radius 2 is 1.77 bits per heavy atom. The molecule has 2 aliphatic rings.